The Bertz CT molecular complexity index is 448. The monoisotopic (exact) mass is 324 g/mol. The van der Waals surface area contributed by atoms with Gasteiger partial charge >= 0.3 is 0 Å². The van der Waals surface area contributed by atoms with Crippen LogP contribution >= 0.6 is 12.4 Å². The average molecular weight is 325 g/mol. The molecular weight excluding hydrogens is 296 g/mol. The Kier molecular flexibility index (Phi) is 7.16. The summed E-state index contributed by atoms with van der Waals surface area (Å²) in [7, 11) is 0. The van der Waals surface area contributed by atoms with E-state index in [0.717, 1.165) is 32.1 Å². The molecule has 124 valence electrons. The van der Waals surface area contributed by atoms with Crippen LogP contribution in [-0.2, 0) is 6.42 Å². The molecule has 1 aliphatic carbocycles. The number of piperidine rings is 1. The lowest BCUT2D eigenvalue weighted by Crippen LogP contribution is -2.40. The molecule has 0 aromatic heterocycles. The lowest BCUT2D eigenvalue weighted by Gasteiger charge is -2.38. The zero-order chi connectivity index (χ0) is 14.5. The molecule has 4 heteroatoms. The number of aryl methyl sites for hydroxylation is 1. The fourth-order valence-corrected chi connectivity index (χ4v) is 4.01. The molecule has 1 fully saturated rings. The fourth-order valence-electron chi connectivity index (χ4n) is 4.01. The van der Waals surface area contributed by atoms with Crippen molar-refractivity contribution in [2.24, 2.45) is 5.92 Å². The van der Waals surface area contributed by atoms with E-state index in [-0.39, 0.29) is 19.0 Å². The highest BCUT2D eigenvalue weighted by Crippen LogP contribution is 2.35. The number of nitrogens with zero attached hydrogens (tertiary/aromatic N) is 1. The number of benzene rings is 1. The Balaban J connectivity index is 0.00000176. The summed E-state index contributed by atoms with van der Waals surface area (Å²) in [5.74, 6) is 0.784. The largest absolute Gasteiger partial charge is 0.395 e. The van der Waals surface area contributed by atoms with Gasteiger partial charge in [-0.3, -0.25) is 4.90 Å². The van der Waals surface area contributed by atoms with Gasteiger partial charge in [0.25, 0.3) is 0 Å². The molecule has 0 saturated carbocycles. The second-order valence-corrected chi connectivity index (χ2v) is 6.52. The minimum absolute atomic E-state index is 0. The van der Waals surface area contributed by atoms with E-state index < -0.39 is 0 Å². The molecule has 1 unspecified atom stereocenters. The normalized spacial score (nSPS) is 22.2. The van der Waals surface area contributed by atoms with Crippen molar-refractivity contribution in [3.63, 3.8) is 0 Å². The average Bonchev–Trinajstić information content (AvgIpc) is 2.55. The quantitative estimate of drug-likeness (QED) is 0.874. The van der Waals surface area contributed by atoms with E-state index in [0.29, 0.717) is 6.04 Å². The first-order chi connectivity index (χ1) is 10.4. The number of hydrogen-bond acceptors (Lipinski definition) is 3. The molecule has 2 aliphatic rings. The standard InChI is InChI=1S/C18H28N2O.ClH/c21-13-12-20(14-15-8-10-19-11-9-15)18-7-3-5-16-4-1-2-6-17(16)18;/h1-2,4,6,15,18-19,21H,3,5,7-14H2;1H. The zero-order valence-electron chi connectivity index (χ0n) is 13.3. The molecule has 22 heavy (non-hydrogen) atoms. The smallest absolute Gasteiger partial charge is 0.0558 e. The van der Waals surface area contributed by atoms with Crippen LogP contribution in [0.1, 0.15) is 42.9 Å². The summed E-state index contributed by atoms with van der Waals surface area (Å²) in [5.41, 5.74) is 3.02. The minimum atomic E-state index is 0. The van der Waals surface area contributed by atoms with Gasteiger partial charge in [-0.15, -0.1) is 12.4 Å². The number of rotatable bonds is 5. The summed E-state index contributed by atoms with van der Waals surface area (Å²) < 4.78 is 0. The Hall–Kier alpha value is -0.610. The molecule has 0 bridgehead atoms. The molecule has 3 nitrogen and oxygen atoms in total. The molecule has 1 aromatic carbocycles. The lowest BCUT2D eigenvalue weighted by atomic mass is 9.86. The molecule has 0 amide bonds. The van der Waals surface area contributed by atoms with Crippen LogP contribution in [0.2, 0.25) is 0 Å². The summed E-state index contributed by atoms with van der Waals surface area (Å²) in [6.45, 7) is 4.52. The van der Waals surface area contributed by atoms with E-state index in [1.165, 1.54) is 43.2 Å². The summed E-state index contributed by atoms with van der Waals surface area (Å²) in [6.07, 6.45) is 6.28. The molecule has 1 heterocycles. The van der Waals surface area contributed by atoms with Crippen LogP contribution in [0.3, 0.4) is 0 Å². The van der Waals surface area contributed by atoms with E-state index in [4.69, 9.17) is 0 Å². The highest BCUT2D eigenvalue weighted by molar-refractivity contribution is 5.85. The van der Waals surface area contributed by atoms with Crippen molar-refractivity contribution in [2.45, 2.75) is 38.1 Å². The molecule has 0 radical (unpaired) electrons. The second kappa shape index (κ2) is 8.88. The van der Waals surface area contributed by atoms with Crippen molar-refractivity contribution in [1.29, 1.82) is 0 Å². The second-order valence-electron chi connectivity index (χ2n) is 6.52. The van der Waals surface area contributed by atoms with Crippen molar-refractivity contribution in [1.82, 2.24) is 10.2 Å². The van der Waals surface area contributed by atoms with E-state index in [1.54, 1.807) is 0 Å². The van der Waals surface area contributed by atoms with Gasteiger partial charge < -0.3 is 10.4 Å². The predicted octanol–water partition coefficient (Wildman–Crippen LogP) is 2.78. The summed E-state index contributed by atoms with van der Waals surface area (Å²) in [5, 5.41) is 12.9. The first-order valence-corrected chi connectivity index (χ1v) is 8.52. The van der Waals surface area contributed by atoms with Gasteiger partial charge in [0.2, 0.25) is 0 Å². The molecule has 1 aromatic rings. The van der Waals surface area contributed by atoms with Gasteiger partial charge in [-0.25, -0.2) is 0 Å². The van der Waals surface area contributed by atoms with Crippen LogP contribution < -0.4 is 5.32 Å². The van der Waals surface area contributed by atoms with E-state index in [1.807, 2.05) is 0 Å². The van der Waals surface area contributed by atoms with Gasteiger partial charge in [0.15, 0.2) is 0 Å². The molecule has 1 saturated heterocycles. The van der Waals surface area contributed by atoms with Crippen molar-refractivity contribution in [3.05, 3.63) is 35.4 Å². The van der Waals surface area contributed by atoms with Crippen LogP contribution in [0.4, 0.5) is 0 Å². The third-order valence-electron chi connectivity index (χ3n) is 5.12. The maximum atomic E-state index is 9.49. The van der Waals surface area contributed by atoms with Crippen molar-refractivity contribution in [3.8, 4) is 0 Å². The first kappa shape index (κ1) is 17.7. The minimum Gasteiger partial charge on any atom is -0.395 e. The summed E-state index contributed by atoms with van der Waals surface area (Å²) >= 11 is 0. The highest BCUT2D eigenvalue weighted by atomic mass is 35.5. The summed E-state index contributed by atoms with van der Waals surface area (Å²) in [6, 6.07) is 9.41. The van der Waals surface area contributed by atoms with Crippen LogP contribution in [0.15, 0.2) is 24.3 Å². The number of halogens is 1. The number of aliphatic hydroxyl groups is 1. The van der Waals surface area contributed by atoms with Crippen molar-refractivity contribution >= 4 is 12.4 Å². The number of aliphatic hydroxyl groups excluding tert-OH is 1. The topological polar surface area (TPSA) is 35.5 Å². The highest BCUT2D eigenvalue weighted by Gasteiger charge is 2.27. The summed E-state index contributed by atoms with van der Waals surface area (Å²) in [4.78, 5) is 2.55. The predicted molar refractivity (Wildman–Crippen MR) is 93.6 cm³/mol. The van der Waals surface area contributed by atoms with Gasteiger partial charge in [-0.1, -0.05) is 24.3 Å². The first-order valence-electron chi connectivity index (χ1n) is 8.52. The van der Waals surface area contributed by atoms with E-state index in [2.05, 4.69) is 34.5 Å². The van der Waals surface area contributed by atoms with Crippen LogP contribution in [0, 0.1) is 5.92 Å². The number of fused-ring (bicyclic) bond motifs is 1. The molecule has 3 rings (SSSR count). The van der Waals surface area contributed by atoms with Crippen LogP contribution in [0.5, 0.6) is 0 Å². The lowest BCUT2D eigenvalue weighted by molar-refractivity contribution is 0.110. The van der Waals surface area contributed by atoms with E-state index >= 15 is 0 Å². The van der Waals surface area contributed by atoms with Crippen molar-refractivity contribution in [2.75, 3.05) is 32.8 Å². The Morgan fingerprint density at radius 2 is 1.91 bits per heavy atom. The number of hydrogen-bond donors (Lipinski definition) is 2. The molecule has 0 spiro atoms. The van der Waals surface area contributed by atoms with E-state index in [9.17, 15) is 5.11 Å². The van der Waals surface area contributed by atoms with Gasteiger partial charge in [0.05, 0.1) is 6.61 Å². The van der Waals surface area contributed by atoms with Crippen LogP contribution in [0.25, 0.3) is 0 Å². The van der Waals surface area contributed by atoms with Crippen molar-refractivity contribution < 1.29 is 5.11 Å². The fraction of sp³-hybridized carbons (Fsp3) is 0.667. The molecule has 2 N–H and O–H groups in total. The zero-order valence-corrected chi connectivity index (χ0v) is 14.2. The van der Waals surface area contributed by atoms with Gasteiger partial charge in [0.1, 0.15) is 0 Å². The third kappa shape index (κ3) is 4.23. The third-order valence-corrected chi connectivity index (χ3v) is 5.12. The van der Waals surface area contributed by atoms with Gasteiger partial charge in [0, 0.05) is 19.1 Å². The van der Waals surface area contributed by atoms with Crippen LogP contribution in [-0.4, -0.2) is 42.8 Å². The maximum Gasteiger partial charge on any atom is 0.0558 e. The van der Waals surface area contributed by atoms with Gasteiger partial charge in [-0.2, -0.15) is 0 Å². The Morgan fingerprint density at radius 3 is 2.68 bits per heavy atom. The Labute approximate surface area is 140 Å². The molecule has 1 aliphatic heterocycles. The van der Waals surface area contributed by atoms with Gasteiger partial charge in [-0.05, 0) is 62.2 Å². The Morgan fingerprint density at radius 1 is 1.14 bits per heavy atom. The maximum absolute atomic E-state index is 9.49. The SMILES string of the molecule is Cl.OCCN(CC1CCNCC1)C1CCCc2ccccc21. The molecule has 1 atom stereocenters. The molecular formula is C18H29ClN2O. The number of nitrogens with one attached hydrogen (secondary N) is 1.